The quantitative estimate of drug-likeness (QED) is 0.857. The van der Waals surface area contributed by atoms with E-state index in [1.165, 1.54) is 12.1 Å². The van der Waals surface area contributed by atoms with E-state index in [1.807, 2.05) is 24.3 Å². The molecule has 0 aliphatic carbocycles. The number of hydrogen-bond acceptors (Lipinski definition) is 2. The lowest BCUT2D eigenvalue weighted by molar-refractivity contribution is 0.107. The third kappa shape index (κ3) is 4.98. The van der Waals surface area contributed by atoms with Crippen LogP contribution in [0.1, 0.15) is 16.7 Å². The molecule has 0 fully saturated rings. The Morgan fingerprint density at radius 3 is 2.76 bits per heavy atom. The van der Waals surface area contributed by atoms with Crippen molar-refractivity contribution in [1.82, 2.24) is 0 Å². The SMILES string of the molecule is NCC#Cc1cc(F)ccc1COCc1cccc(Br)c1. The van der Waals surface area contributed by atoms with Gasteiger partial charge >= 0.3 is 0 Å². The highest BCUT2D eigenvalue weighted by atomic mass is 79.9. The zero-order chi connectivity index (χ0) is 15.1. The first-order valence-corrected chi connectivity index (χ1v) is 7.28. The molecule has 0 unspecified atom stereocenters. The molecule has 0 spiro atoms. The molecule has 21 heavy (non-hydrogen) atoms. The number of nitrogens with two attached hydrogens (primary N) is 1. The van der Waals surface area contributed by atoms with Crippen molar-refractivity contribution < 1.29 is 9.13 Å². The molecule has 2 rings (SSSR count). The minimum Gasteiger partial charge on any atom is -0.372 e. The van der Waals surface area contributed by atoms with E-state index in [0.717, 1.165) is 15.6 Å². The smallest absolute Gasteiger partial charge is 0.124 e. The Labute approximate surface area is 132 Å². The van der Waals surface area contributed by atoms with Gasteiger partial charge < -0.3 is 10.5 Å². The Bertz CT molecular complexity index is 676. The topological polar surface area (TPSA) is 35.2 Å². The molecule has 0 heterocycles. The fraction of sp³-hybridized carbons (Fsp3) is 0.176. The molecule has 2 aromatic rings. The van der Waals surface area contributed by atoms with E-state index < -0.39 is 0 Å². The summed E-state index contributed by atoms with van der Waals surface area (Å²) >= 11 is 3.42. The molecule has 108 valence electrons. The van der Waals surface area contributed by atoms with Gasteiger partial charge in [0.05, 0.1) is 19.8 Å². The number of rotatable bonds is 4. The van der Waals surface area contributed by atoms with Gasteiger partial charge in [-0.3, -0.25) is 0 Å². The van der Waals surface area contributed by atoms with Crippen LogP contribution in [0.5, 0.6) is 0 Å². The zero-order valence-electron chi connectivity index (χ0n) is 11.4. The second-order valence-electron chi connectivity index (χ2n) is 4.43. The summed E-state index contributed by atoms with van der Waals surface area (Å²) in [4.78, 5) is 0. The maximum Gasteiger partial charge on any atom is 0.124 e. The second kappa shape index (κ2) is 7.94. The van der Waals surface area contributed by atoms with Crippen LogP contribution in [-0.2, 0) is 18.0 Å². The van der Waals surface area contributed by atoms with Gasteiger partial charge in [0.25, 0.3) is 0 Å². The van der Waals surface area contributed by atoms with Crippen LogP contribution >= 0.6 is 15.9 Å². The first kappa shape index (κ1) is 15.7. The van der Waals surface area contributed by atoms with Crippen LogP contribution in [0.2, 0.25) is 0 Å². The molecule has 0 aliphatic rings. The van der Waals surface area contributed by atoms with Crippen LogP contribution in [0.4, 0.5) is 4.39 Å². The van der Waals surface area contributed by atoms with E-state index in [4.69, 9.17) is 10.5 Å². The highest BCUT2D eigenvalue weighted by Gasteiger charge is 2.03. The lowest BCUT2D eigenvalue weighted by atomic mass is 10.1. The average molecular weight is 348 g/mol. The summed E-state index contributed by atoms with van der Waals surface area (Å²) in [6, 6.07) is 12.4. The van der Waals surface area contributed by atoms with Crippen LogP contribution < -0.4 is 5.73 Å². The van der Waals surface area contributed by atoms with E-state index in [-0.39, 0.29) is 12.4 Å². The predicted octanol–water partition coefficient (Wildman–Crippen LogP) is 3.62. The van der Waals surface area contributed by atoms with Crippen molar-refractivity contribution in [3.8, 4) is 11.8 Å². The first-order valence-electron chi connectivity index (χ1n) is 6.48. The van der Waals surface area contributed by atoms with E-state index in [9.17, 15) is 4.39 Å². The van der Waals surface area contributed by atoms with Gasteiger partial charge in [-0.1, -0.05) is 46.0 Å². The predicted molar refractivity (Wildman–Crippen MR) is 85.0 cm³/mol. The standard InChI is InChI=1S/C17H15BrFNO/c18-16-5-1-3-13(9-16)11-21-12-15-6-7-17(19)10-14(15)4-2-8-20/h1,3,5-7,9-10H,8,11-12,20H2. The number of halogens is 2. The van der Waals surface area contributed by atoms with Crippen molar-refractivity contribution in [3.63, 3.8) is 0 Å². The van der Waals surface area contributed by atoms with Crippen molar-refractivity contribution >= 4 is 15.9 Å². The Morgan fingerprint density at radius 1 is 1.14 bits per heavy atom. The minimum atomic E-state index is -0.313. The molecule has 0 saturated carbocycles. The third-order valence-corrected chi connectivity index (χ3v) is 3.31. The van der Waals surface area contributed by atoms with Crippen LogP contribution in [0.25, 0.3) is 0 Å². The zero-order valence-corrected chi connectivity index (χ0v) is 13.0. The second-order valence-corrected chi connectivity index (χ2v) is 5.35. The Morgan fingerprint density at radius 2 is 2.00 bits per heavy atom. The number of hydrogen-bond donors (Lipinski definition) is 1. The van der Waals surface area contributed by atoms with Crippen LogP contribution in [0.15, 0.2) is 46.9 Å². The summed E-state index contributed by atoms with van der Waals surface area (Å²) in [7, 11) is 0. The Kier molecular flexibility index (Phi) is 5.94. The van der Waals surface area contributed by atoms with Gasteiger partial charge in [0.1, 0.15) is 5.82 Å². The Balaban J connectivity index is 2.02. The number of ether oxygens (including phenoxy) is 1. The normalized spacial score (nSPS) is 10.0. The maximum atomic E-state index is 13.3. The molecule has 0 aliphatic heterocycles. The van der Waals surface area contributed by atoms with Crippen molar-refractivity contribution in [2.75, 3.05) is 6.54 Å². The minimum absolute atomic E-state index is 0.245. The molecule has 0 bridgehead atoms. The van der Waals surface area contributed by atoms with Gasteiger partial charge in [-0.2, -0.15) is 0 Å². The highest BCUT2D eigenvalue weighted by Crippen LogP contribution is 2.15. The summed E-state index contributed by atoms with van der Waals surface area (Å²) < 4.78 is 20.0. The van der Waals surface area contributed by atoms with Crippen molar-refractivity contribution in [2.24, 2.45) is 5.73 Å². The summed E-state index contributed by atoms with van der Waals surface area (Å²) in [6.45, 7) is 1.11. The largest absolute Gasteiger partial charge is 0.372 e. The lowest BCUT2D eigenvalue weighted by Crippen LogP contribution is -1.98. The van der Waals surface area contributed by atoms with E-state index in [0.29, 0.717) is 18.8 Å². The number of benzene rings is 2. The Hall–Kier alpha value is -1.67. The molecule has 2 aromatic carbocycles. The molecule has 4 heteroatoms. The fourth-order valence-electron chi connectivity index (χ4n) is 1.84. The van der Waals surface area contributed by atoms with Crippen molar-refractivity contribution in [1.29, 1.82) is 0 Å². The molecule has 0 atom stereocenters. The molecule has 2 N–H and O–H groups in total. The molecule has 0 amide bonds. The van der Waals surface area contributed by atoms with Gasteiger partial charge in [0.15, 0.2) is 0 Å². The van der Waals surface area contributed by atoms with Crippen LogP contribution in [0, 0.1) is 17.7 Å². The van der Waals surface area contributed by atoms with Gasteiger partial charge in [0.2, 0.25) is 0 Å². The van der Waals surface area contributed by atoms with Gasteiger partial charge in [-0.25, -0.2) is 4.39 Å². The highest BCUT2D eigenvalue weighted by molar-refractivity contribution is 9.10. The fourth-order valence-corrected chi connectivity index (χ4v) is 2.29. The molecule has 0 aromatic heterocycles. The van der Waals surface area contributed by atoms with Gasteiger partial charge in [-0.05, 0) is 35.4 Å². The van der Waals surface area contributed by atoms with Crippen molar-refractivity contribution in [3.05, 3.63) is 69.4 Å². The average Bonchev–Trinajstić information content (AvgIpc) is 2.47. The monoisotopic (exact) mass is 347 g/mol. The van der Waals surface area contributed by atoms with E-state index in [2.05, 4.69) is 27.8 Å². The molecular weight excluding hydrogens is 333 g/mol. The van der Waals surface area contributed by atoms with Gasteiger partial charge in [0, 0.05) is 10.0 Å². The van der Waals surface area contributed by atoms with E-state index >= 15 is 0 Å². The molecule has 0 radical (unpaired) electrons. The van der Waals surface area contributed by atoms with Crippen LogP contribution in [-0.4, -0.2) is 6.54 Å². The molecular formula is C17H15BrFNO. The molecule has 0 saturated heterocycles. The maximum absolute atomic E-state index is 13.3. The summed E-state index contributed by atoms with van der Waals surface area (Å²) in [5, 5.41) is 0. The first-order chi connectivity index (χ1) is 10.2. The third-order valence-electron chi connectivity index (χ3n) is 2.81. The van der Waals surface area contributed by atoms with Gasteiger partial charge in [-0.15, -0.1) is 0 Å². The summed E-state index contributed by atoms with van der Waals surface area (Å²) in [5.41, 5.74) is 7.90. The van der Waals surface area contributed by atoms with Crippen LogP contribution in [0.3, 0.4) is 0 Å². The summed E-state index contributed by atoms with van der Waals surface area (Å²) in [5.74, 6) is 5.29. The molecule has 2 nitrogen and oxygen atoms in total. The van der Waals surface area contributed by atoms with Crippen molar-refractivity contribution in [2.45, 2.75) is 13.2 Å². The summed E-state index contributed by atoms with van der Waals surface area (Å²) in [6.07, 6.45) is 0. The van der Waals surface area contributed by atoms with E-state index in [1.54, 1.807) is 6.07 Å². The lowest BCUT2D eigenvalue weighted by Gasteiger charge is -2.07.